The molecule has 0 amide bonds. The first kappa shape index (κ1) is 14.1. The molecule has 0 fully saturated rings. The van der Waals surface area contributed by atoms with E-state index in [1.807, 2.05) is 13.0 Å². The van der Waals surface area contributed by atoms with Crippen LogP contribution >= 0.6 is 11.6 Å². The maximum absolute atomic E-state index is 9.95. The lowest BCUT2D eigenvalue weighted by Crippen LogP contribution is -2.27. The van der Waals surface area contributed by atoms with Gasteiger partial charge in [-0.1, -0.05) is 17.7 Å². The van der Waals surface area contributed by atoms with Crippen LogP contribution in [0.15, 0.2) is 41.1 Å². The molecule has 0 radical (unpaired) electrons. The highest BCUT2D eigenvalue weighted by Gasteiger charge is 2.14. The van der Waals surface area contributed by atoms with Crippen LogP contribution in [-0.4, -0.2) is 16.1 Å². The Bertz CT molecular complexity index is 485. The average Bonchev–Trinajstić information content (AvgIpc) is 2.92. The standard InChI is InChI=1S/C14H17ClN2O2/c1-10(7-12(18)13-3-2-6-19-13)16-8-11-4-5-14(15)17-9-11/h2-6,9-10,12,16,18H,7-8H2,1H3. The highest BCUT2D eigenvalue weighted by molar-refractivity contribution is 6.29. The van der Waals surface area contributed by atoms with Crippen molar-refractivity contribution in [2.45, 2.75) is 32.0 Å². The van der Waals surface area contributed by atoms with Crippen LogP contribution in [0.5, 0.6) is 0 Å². The number of nitrogens with one attached hydrogen (secondary N) is 1. The minimum atomic E-state index is -0.583. The molecule has 0 saturated carbocycles. The van der Waals surface area contributed by atoms with Gasteiger partial charge in [0, 0.05) is 18.8 Å². The molecule has 0 saturated heterocycles. The van der Waals surface area contributed by atoms with Gasteiger partial charge >= 0.3 is 0 Å². The fourth-order valence-corrected chi connectivity index (χ4v) is 1.93. The average molecular weight is 281 g/mol. The zero-order chi connectivity index (χ0) is 13.7. The number of halogens is 1. The second-order valence-electron chi connectivity index (χ2n) is 4.54. The molecule has 2 N–H and O–H groups in total. The van der Waals surface area contributed by atoms with Crippen LogP contribution in [0.2, 0.25) is 5.15 Å². The van der Waals surface area contributed by atoms with Crippen molar-refractivity contribution in [3.63, 3.8) is 0 Å². The lowest BCUT2D eigenvalue weighted by atomic mass is 10.1. The van der Waals surface area contributed by atoms with Gasteiger partial charge in [0.1, 0.15) is 17.0 Å². The molecule has 0 aliphatic heterocycles. The van der Waals surface area contributed by atoms with Gasteiger partial charge in [0.2, 0.25) is 0 Å². The van der Waals surface area contributed by atoms with Crippen molar-refractivity contribution >= 4 is 11.6 Å². The monoisotopic (exact) mass is 280 g/mol. The molecule has 2 heterocycles. The second kappa shape index (κ2) is 6.70. The molecule has 0 bridgehead atoms. The third kappa shape index (κ3) is 4.35. The van der Waals surface area contributed by atoms with E-state index in [0.29, 0.717) is 23.9 Å². The summed E-state index contributed by atoms with van der Waals surface area (Å²) in [6, 6.07) is 7.41. The number of rotatable bonds is 6. The normalized spacial score (nSPS) is 14.3. The first-order valence-corrected chi connectivity index (χ1v) is 6.58. The van der Waals surface area contributed by atoms with Crippen LogP contribution in [0, 0.1) is 0 Å². The topological polar surface area (TPSA) is 58.3 Å². The van der Waals surface area contributed by atoms with E-state index in [9.17, 15) is 5.11 Å². The Labute approximate surface area is 117 Å². The van der Waals surface area contributed by atoms with Crippen LogP contribution in [0.1, 0.15) is 30.8 Å². The van der Waals surface area contributed by atoms with Gasteiger partial charge < -0.3 is 14.8 Å². The lowest BCUT2D eigenvalue weighted by Gasteiger charge is -2.16. The van der Waals surface area contributed by atoms with Crippen molar-refractivity contribution < 1.29 is 9.52 Å². The molecule has 2 aromatic rings. The van der Waals surface area contributed by atoms with E-state index in [4.69, 9.17) is 16.0 Å². The molecule has 0 aliphatic carbocycles. The fraction of sp³-hybridized carbons (Fsp3) is 0.357. The van der Waals surface area contributed by atoms with Crippen molar-refractivity contribution in [1.82, 2.24) is 10.3 Å². The van der Waals surface area contributed by atoms with Crippen molar-refractivity contribution in [2.75, 3.05) is 0 Å². The summed E-state index contributed by atoms with van der Waals surface area (Å²) in [5, 5.41) is 13.8. The minimum absolute atomic E-state index is 0.163. The highest BCUT2D eigenvalue weighted by atomic mass is 35.5. The first-order chi connectivity index (χ1) is 9.15. The zero-order valence-electron chi connectivity index (χ0n) is 10.7. The maximum atomic E-state index is 9.95. The molecule has 0 aliphatic rings. The molecule has 2 aromatic heterocycles. The largest absolute Gasteiger partial charge is 0.467 e. The Hall–Kier alpha value is -1.36. The molecule has 0 aromatic carbocycles. The first-order valence-electron chi connectivity index (χ1n) is 6.20. The van der Waals surface area contributed by atoms with Gasteiger partial charge in [0.15, 0.2) is 0 Å². The number of furan rings is 1. The van der Waals surface area contributed by atoms with Crippen LogP contribution in [0.3, 0.4) is 0 Å². The van der Waals surface area contributed by atoms with Gasteiger partial charge in [-0.2, -0.15) is 0 Å². The second-order valence-corrected chi connectivity index (χ2v) is 4.93. The van der Waals surface area contributed by atoms with Crippen molar-refractivity contribution in [1.29, 1.82) is 0 Å². The van der Waals surface area contributed by atoms with Gasteiger partial charge in [-0.25, -0.2) is 4.98 Å². The van der Waals surface area contributed by atoms with Crippen molar-refractivity contribution in [3.05, 3.63) is 53.2 Å². The smallest absolute Gasteiger partial charge is 0.132 e. The number of nitrogens with zero attached hydrogens (tertiary/aromatic N) is 1. The minimum Gasteiger partial charge on any atom is -0.467 e. The SMILES string of the molecule is CC(CC(O)c1ccco1)NCc1ccc(Cl)nc1. The van der Waals surface area contributed by atoms with Crippen molar-refractivity contribution in [3.8, 4) is 0 Å². The number of aromatic nitrogens is 1. The van der Waals surface area contributed by atoms with Crippen molar-refractivity contribution in [2.24, 2.45) is 0 Å². The Morgan fingerprint density at radius 3 is 2.89 bits per heavy atom. The van der Waals surface area contributed by atoms with Gasteiger partial charge in [-0.15, -0.1) is 0 Å². The molecule has 0 spiro atoms. The summed E-state index contributed by atoms with van der Waals surface area (Å²) in [5.41, 5.74) is 1.06. The molecule has 102 valence electrons. The molecule has 4 nitrogen and oxygen atoms in total. The Kier molecular flexibility index (Phi) is 4.96. The summed E-state index contributed by atoms with van der Waals surface area (Å²) in [6.45, 7) is 2.71. The van der Waals surface area contributed by atoms with Crippen LogP contribution in [-0.2, 0) is 6.54 Å². The van der Waals surface area contributed by atoms with E-state index in [0.717, 1.165) is 5.56 Å². The summed E-state index contributed by atoms with van der Waals surface area (Å²) in [7, 11) is 0. The van der Waals surface area contributed by atoms with E-state index < -0.39 is 6.10 Å². The van der Waals surface area contributed by atoms with E-state index in [-0.39, 0.29) is 6.04 Å². The third-order valence-corrected chi connectivity index (χ3v) is 3.12. The Balaban J connectivity index is 1.78. The van der Waals surface area contributed by atoms with Gasteiger partial charge in [-0.05, 0) is 37.1 Å². The van der Waals surface area contributed by atoms with Crippen LogP contribution in [0.25, 0.3) is 0 Å². The lowest BCUT2D eigenvalue weighted by molar-refractivity contribution is 0.128. The summed E-state index contributed by atoms with van der Waals surface area (Å²) < 4.78 is 5.17. The molecule has 2 atom stereocenters. The van der Waals surface area contributed by atoms with Gasteiger partial charge in [0.25, 0.3) is 0 Å². The van der Waals surface area contributed by atoms with E-state index in [2.05, 4.69) is 10.3 Å². The molecule has 5 heteroatoms. The van der Waals surface area contributed by atoms with Gasteiger partial charge in [-0.3, -0.25) is 0 Å². The Morgan fingerprint density at radius 2 is 2.26 bits per heavy atom. The quantitative estimate of drug-likeness (QED) is 0.799. The number of pyridine rings is 1. The van der Waals surface area contributed by atoms with Gasteiger partial charge in [0.05, 0.1) is 6.26 Å². The number of hydrogen-bond acceptors (Lipinski definition) is 4. The Morgan fingerprint density at radius 1 is 1.42 bits per heavy atom. The van der Waals surface area contributed by atoms with E-state index in [1.165, 1.54) is 0 Å². The summed E-state index contributed by atoms with van der Waals surface area (Å²) in [6.07, 6.45) is 3.32. The van der Waals surface area contributed by atoms with E-state index >= 15 is 0 Å². The molecule has 19 heavy (non-hydrogen) atoms. The maximum Gasteiger partial charge on any atom is 0.132 e. The van der Waals surface area contributed by atoms with Crippen LogP contribution in [0.4, 0.5) is 0 Å². The van der Waals surface area contributed by atoms with E-state index in [1.54, 1.807) is 30.7 Å². The number of hydrogen-bond donors (Lipinski definition) is 2. The summed E-state index contributed by atoms with van der Waals surface area (Å²) >= 11 is 5.73. The summed E-state index contributed by atoms with van der Waals surface area (Å²) in [5.74, 6) is 0.599. The predicted octanol–water partition coefficient (Wildman–Crippen LogP) is 2.93. The predicted molar refractivity (Wildman–Crippen MR) is 73.8 cm³/mol. The molecule has 2 rings (SSSR count). The third-order valence-electron chi connectivity index (χ3n) is 2.89. The molecule has 2 unspecified atom stereocenters. The van der Waals surface area contributed by atoms with Crippen LogP contribution < -0.4 is 5.32 Å². The number of aliphatic hydroxyl groups is 1. The number of aliphatic hydroxyl groups excluding tert-OH is 1. The highest BCUT2D eigenvalue weighted by Crippen LogP contribution is 2.18. The zero-order valence-corrected chi connectivity index (χ0v) is 11.5. The fourth-order valence-electron chi connectivity index (χ4n) is 1.82. The molecular formula is C14H17ClN2O2. The summed E-state index contributed by atoms with van der Waals surface area (Å²) in [4.78, 5) is 4.02. The molecular weight excluding hydrogens is 264 g/mol.